The average molecular weight is 624 g/mol. The van der Waals surface area contributed by atoms with Gasteiger partial charge in [0.15, 0.2) is 5.82 Å². The molecule has 228 valence electrons. The fraction of sp³-hybridized carbons (Fsp3) is 0. The molecule has 10 aromatic rings. The molecule has 3 heteroatoms. The van der Waals surface area contributed by atoms with Gasteiger partial charge in [0.2, 0.25) is 0 Å². The highest BCUT2D eigenvalue weighted by Crippen LogP contribution is 2.38. The van der Waals surface area contributed by atoms with E-state index in [-0.39, 0.29) is 0 Å². The molecule has 0 atom stereocenters. The van der Waals surface area contributed by atoms with Gasteiger partial charge in [0.1, 0.15) is 0 Å². The highest BCUT2D eigenvalue weighted by molar-refractivity contribution is 6.25. The Morgan fingerprint density at radius 3 is 1.69 bits per heavy atom. The molecule has 0 radical (unpaired) electrons. The number of fused-ring (bicyclic) bond motifs is 9. The zero-order chi connectivity index (χ0) is 32.3. The molecular weight excluding hydrogens is 595 g/mol. The number of rotatable bonds is 4. The van der Waals surface area contributed by atoms with E-state index in [0.717, 1.165) is 33.6 Å². The van der Waals surface area contributed by atoms with Crippen molar-refractivity contribution in [2.75, 3.05) is 0 Å². The summed E-state index contributed by atoms with van der Waals surface area (Å²) in [5.41, 5.74) is 8.79. The van der Waals surface area contributed by atoms with Crippen molar-refractivity contribution < 1.29 is 0 Å². The minimum Gasteiger partial charge on any atom is -0.309 e. The molecule has 2 heterocycles. The predicted molar refractivity (Wildman–Crippen MR) is 205 cm³/mol. The van der Waals surface area contributed by atoms with Gasteiger partial charge in [-0.3, -0.25) is 0 Å². The van der Waals surface area contributed by atoms with E-state index in [2.05, 4.69) is 168 Å². The average Bonchev–Trinajstić information content (AvgIpc) is 3.52. The topological polar surface area (TPSA) is 30.7 Å². The Morgan fingerprint density at radius 1 is 0.347 bits per heavy atom. The van der Waals surface area contributed by atoms with Gasteiger partial charge in [-0.05, 0) is 98.0 Å². The number of hydrogen-bond acceptors (Lipinski definition) is 2. The lowest BCUT2D eigenvalue weighted by molar-refractivity contribution is 1.17. The first-order valence-corrected chi connectivity index (χ1v) is 16.7. The van der Waals surface area contributed by atoms with Crippen LogP contribution in [0.1, 0.15) is 0 Å². The lowest BCUT2D eigenvalue weighted by atomic mass is 9.92. The van der Waals surface area contributed by atoms with Crippen LogP contribution in [0.15, 0.2) is 176 Å². The highest BCUT2D eigenvalue weighted by Gasteiger charge is 2.15. The summed E-state index contributed by atoms with van der Waals surface area (Å²) in [7, 11) is 0. The second kappa shape index (κ2) is 11.0. The van der Waals surface area contributed by atoms with Crippen molar-refractivity contribution in [3.05, 3.63) is 176 Å². The Bertz CT molecular complexity index is 2850. The van der Waals surface area contributed by atoms with Crippen LogP contribution in [-0.4, -0.2) is 14.5 Å². The first-order chi connectivity index (χ1) is 24.3. The van der Waals surface area contributed by atoms with Crippen molar-refractivity contribution in [3.63, 3.8) is 0 Å². The molecule has 0 saturated heterocycles. The number of aromatic nitrogens is 3. The fourth-order valence-corrected chi connectivity index (χ4v) is 7.57. The summed E-state index contributed by atoms with van der Waals surface area (Å²) in [5.74, 6) is 0.713. The Kier molecular flexibility index (Phi) is 6.18. The predicted octanol–water partition coefficient (Wildman–Crippen LogP) is 12.0. The normalized spacial score (nSPS) is 11.7. The van der Waals surface area contributed by atoms with Crippen LogP contribution in [-0.2, 0) is 0 Å². The van der Waals surface area contributed by atoms with E-state index < -0.39 is 0 Å². The summed E-state index contributed by atoms with van der Waals surface area (Å²) >= 11 is 0. The van der Waals surface area contributed by atoms with Crippen molar-refractivity contribution in [3.8, 4) is 39.5 Å². The third-order valence-corrected chi connectivity index (χ3v) is 9.84. The second-order valence-corrected chi connectivity index (χ2v) is 12.6. The minimum atomic E-state index is 0.713. The number of nitrogens with zero attached hydrogens (tertiary/aromatic N) is 3. The molecule has 0 aliphatic carbocycles. The van der Waals surface area contributed by atoms with Gasteiger partial charge in [0, 0.05) is 33.8 Å². The fourth-order valence-electron chi connectivity index (χ4n) is 7.57. The Labute approximate surface area is 283 Å². The van der Waals surface area contributed by atoms with Gasteiger partial charge >= 0.3 is 0 Å². The molecule has 8 aromatic carbocycles. The third kappa shape index (κ3) is 4.44. The number of hydrogen-bond donors (Lipinski definition) is 0. The van der Waals surface area contributed by atoms with Gasteiger partial charge < -0.3 is 4.57 Å². The Hall–Kier alpha value is -6.58. The maximum atomic E-state index is 5.11. The van der Waals surface area contributed by atoms with E-state index in [1.54, 1.807) is 0 Å². The van der Waals surface area contributed by atoms with E-state index >= 15 is 0 Å². The molecule has 10 rings (SSSR count). The molecule has 0 amide bonds. The molecule has 2 aromatic heterocycles. The smallest absolute Gasteiger partial charge is 0.159 e. The Balaban J connectivity index is 1.06. The summed E-state index contributed by atoms with van der Waals surface area (Å²) in [6.45, 7) is 0. The maximum absolute atomic E-state index is 5.11. The molecule has 0 aliphatic rings. The standard InChI is InChI=1S/C46H29N3/c1-2-13-34(14-3-1)49-44-20-9-8-19-40(44)42-29-33(22-24-45(42)49)46-47-26-25-43(48-46)32-12-10-11-30(27-32)31-21-23-39-37-17-5-4-15-35(37)36-16-6-7-18-38(36)41(39)28-31/h1-29H. The zero-order valence-corrected chi connectivity index (χ0v) is 26.6. The van der Waals surface area contributed by atoms with Crippen molar-refractivity contribution in [2.24, 2.45) is 0 Å². The third-order valence-electron chi connectivity index (χ3n) is 9.84. The monoisotopic (exact) mass is 623 g/mol. The molecule has 0 unspecified atom stereocenters. The van der Waals surface area contributed by atoms with Crippen LogP contribution in [0.3, 0.4) is 0 Å². The van der Waals surface area contributed by atoms with Crippen LogP contribution in [0.5, 0.6) is 0 Å². The number of para-hydroxylation sites is 2. The Morgan fingerprint density at radius 2 is 0.918 bits per heavy atom. The van der Waals surface area contributed by atoms with Gasteiger partial charge in [-0.25, -0.2) is 9.97 Å². The van der Waals surface area contributed by atoms with Gasteiger partial charge in [-0.2, -0.15) is 0 Å². The highest BCUT2D eigenvalue weighted by atomic mass is 15.0. The van der Waals surface area contributed by atoms with Crippen LogP contribution in [0, 0.1) is 0 Å². The van der Waals surface area contributed by atoms with Crippen molar-refractivity contribution in [2.45, 2.75) is 0 Å². The molecule has 0 aliphatic heterocycles. The summed E-state index contributed by atoms with van der Waals surface area (Å²) in [6, 6.07) is 60.7. The van der Waals surface area contributed by atoms with Gasteiger partial charge in [0.25, 0.3) is 0 Å². The SMILES string of the molecule is c1ccc(-n2c3ccccc3c3cc(-c4nccc(-c5cccc(-c6ccc7c8ccccc8c8ccccc8c7c6)c5)n4)ccc32)cc1. The van der Waals surface area contributed by atoms with E-state index in [1.807, 2.05) is 12.3 Å². The number of benzene rings is 8. The summed E-state index contributed by atoms with van der Waals surface area (Å²) in [5, 5.41) is 10.1. The quantitative estimate of drug-likeness (QED) is 0.183. The second-order valence-electron chi connectivity index (χ2n) is 12.6. The zero-order valence-electron chi connectivity index (χ0n) is 26.6. The summed E-state index contributed by atoms with van der Waals surface area (Å²) in [4.78, 5) is 9.84. The summed E-state index contributed by atoms with van der Waals surface area (Å²) < 4.78 is 2.33. The lowest BCUT2D eigenvalue weighted by Gasteiger charge is -2.12. The molecule has 0 fully saturated rings. The minimum absolute atomic E-state index is 0.713. The van der Waals surface area contributed by atoms with Crippen LogP contribution >= 0.6 is 0 Å². The van der Waals surface area contributed by atoms with Crippen LogP contribution in [0.2, 0.25) is 0 Å². The van der Waals surface area contributed by atoms with E-state index in [0.29, 0.717) is 5.82 Å². The molecule has 0 saturated carbocycles. The van der Waals surface area contributed by atoms with Crippen LogP contribution in [0.4, 0.5) is 0 Å². The molecule has 0 spiro atoms. The van der Waals surface area contributed by atoms with E-state index in [9.17, 15) is 0 Å². The summed E-state index contributed by atoms with van der Waals surface area (Å²) in [6.07, 6.45) is 1.87. The van der Waals surface area contributed by atoms with E-state index in [1.165, 1.54) is 54.2 Å². The van der Waals surface area contributed by atoms with Crippen LogP contribution in [0.25, 0.3) is 93.6 Å². The van der Waals surface area contributed by atoms with Crippen LogP contribution < -0.4 is 0 Å². The van der Waals surface area contributed by atoms with Crippen molar-refractivity contribution in [1.82, 2.24) is 14.5 Å². The lowest BCUT2D eigenvalue weighted by Crippen LogP contribution is -1.94. The first-order valence-electron chi connectivity index (χ1n) is 16.7. The molecule has 49 heavy (non-hydrogen) atoms. The molecule has 3 nitrogen and oxygen atoms in total. The first kappa shape index (κ1) is 27.5. The molecule has 0 bridgehead atoms. The van der Waals surface area contributed by atoms with E-state index in [4.69, 9.17) is 9.97 Å². The molecule has 0 N–H and O–H groups in total. The molecular formula is C46H29N3. The van der Waals surface area contributed by atoms with Gasteiger partial charge in [0.05, 0.1) is 16.7 Å². The van der Waals surface area contributed by atoms with Gasteiger partial charge in [-0.15, -0.1) is 0 Å². The largest absolute Gasteiger partial charge is 0.309 e. The van der Waals surface area contributed by atoms with Crippen molar-refractivity contribution in [1.29, 1.82) is 0 Å². The van der Waals surface area contributed by atoms with Crippen molar-refractivity contribution >= 4 is 54.1 Å². The maximum Gasteiger partial charge on any atom is 0.159 e. The van der Waals surface area contributed by atoms with Gasteiger partial charge in [-0.1, -0.05) is 115 Å².